The van der Waals surface area contributed by atoms with Crippen LogP contribution in [0.1, 0.15) is 49.6 Å². The third-order valence-electron chi connectivity index (χ3n) is 6.06. The molecule has 3 aromatic rings. The molecule has 1 fully saturated rings. The average Bonchev–Trinajstić information content (AvgIpc) is 2.77. The van der Waals surface area contributed by atoms with Gasteiger partial charge in [-0.2, -0.15) is 0 Å². The standard InChI is InChI=1S/C26H31N3O/c1-20-6-2-3-17-29(20)19-22-8-4-9-23(18-22)25-15-16-27-26(28-25)10-5-7-21-11-13-24(30)14-12-21/h4,8-9,11-16,18,20,30H,2-3,5-7,10,17,19H2,1H3/t20-/m0/s1. The van der Waals surface area contributed by atoms with Crippen molar-refractivity contribution in [3.05, 3.63) is 77.7 Å². The first-order valence-corrected chi connectivity index (χ1v) is 11.1. The highest BCUT2D eigenvalue weighted by atomic mass is 16.3. The molecule has 4 nitrogen and oxygen atoms in total. The number of phenols is 1. The molecule has 0 amide bonds. The van der Waals surface area contributed by atoms with Crippen molar-refractivity contribution < 1.29 is 5.11 Å². The second-order valence-corrected chi connectivity index (χ2v) is 8.39. The fraction of sp³-hybridized carbons (Fsp3) is 0.385. The summed E-state index contributed by atoms with van der Waals surface area (Å²) in [6.45, 7) is 4.56. The molecule has 0 bridgehead atoms. The fourth-order valence-electron chi connectivity index (χ4n) is 4.25. The molecule has 4 heteroatoms. The molecule has 0 aliphatic carbocycles. The first kappa shape index (κ1) is 20.5. The Morgan fingerprint density at radius 3 is 2.70 bits per heavy atom. The van der Waals surface area contributed by atoms with Gasteiger partial charge in [0.25, 0.3) is 0 Å². The second kappa shape index (κ2) is 9.86. The summed E-state index contributed by atoms with van der Waals surface area (Å²) >= 11 is 0. The lowest BCUT2D eigenvalue weighted by Crippen LogP contribution is -2.36. The molecule has 2 heterocycles. The van der Waals surface area contributed by atoms with E-state index in [9.17, 15) is 5.11 Å². The number of aromatic hydroxyl groups is 1. The molecule has 0 saturated carbocycles. The van der Waals surface area contributed by atoms with Gasteiger partial charge in [0.1, 0.15) is 11.6 Å². The Morgan fingerprint density at radius 1 is 1.00 bits per heavy atom. The van der Waals surface area contributed by atoms with E-state index in [1.54, 1.807) is 12.1 Å². The Balaban J connectivity index is 1.39. The van der Waals surface area contributed by atoms with Crippen molar-refractivity contribution in [2.75, 3.05) is 6.54 Å². The third-order valence-corrected chi connectivity index (χ3v) is 6.06. The molecule has 1 saturated heterocycles. The molecule has 4 rings (SSSR count). The van der Waals surface area contributed by atoms with Crippen LogP contribution in [0.4, 0.5) is 0 Å². The van der Waals surface area contributed by atoms with E-state index in [1.807, 2.05) is 24.4 Å². The largest absolute Gasteiger partial charge is 0.508 e. The smallest absolute Gasteiger partial charge is 0.128 e. The van der Waals surface area contributed by atoms with Crippen LogP contribution in [0.5, 0.6) is 5.75 Å². The van der Waals surface area contributed by atoms with Gasteiger partial charge in [-0.1, -0.05) is 36.8 Å². The van der Waals surface area contributed by atoms with Crippen molar-refractivity contribution >= 4 is 0 Å². The molecule has 30 heavy (non-hydrogen) atoms. The maximum atomic E-state index is 9.40. The van der Waals surface area contributed by atoms with Crippen LogP contribution in [0.15, 0.2) is 60.8 Å². The fourth-order valence-corrected chi connectivity index (χ4v) is 4.25. The highest BCUT2D eigenvalue weighted by molar-refractivity contribution is 5.59. The summed E-state index contributed by atoms with van der Waals surface area (Å²) in [6, 6.07) is 18.9. The number of aryl methyl sites for hydroxylation is 2. The predicted octanol–water partition coefficient (Wildman–Crippen LogP) is 5.40. The molecule has 0 radical (unpaired) electrons. The number of phenolic OH excluding ortho intramolecular Hbond substituents is 1. The van der Waals surface area contributed by atoms with Crippen molar-refractivity contribution in [1.82, 2.24) is 14.9 Å². The van der Waals surface area contributed by atoms with Crippen LogP contribution in [0, 0.1) is 0 Å². The Bertz CT molecular complexity index is 955. The van der Waals surface area contributed by atoms with Crippen LogP contribution in [0.2, 0.25) is 0 Å². The number of aromatic nitrogens is 2. The average molecular weight is 402 g/mol. The van der Waals surface area contributed by atoms with Crippen molar-refractivity contribution in [3.8, 4) is 17.0 Å². The Kier molecular flexibility index (Phi) is 6.75. The van der Waals surface area contributed by atoms with E-state index in [2.05, 4.69) is 41.1 Å². The normalized spacial score (nSPS) is 17.2. The Labute approximate surface area is 179 Å². The lowest BCUT2D eigenvalue weighted by molar-refractivity contribution is 0.152. The second-order valence-electron chi connectivity index (χ2n) is 8.39. The SMILES string of the molecule is C[C@H]1CCCCN1Cc1cccc(-c2ccnc(CCCc3ccc(O)cc3)n2)c1. The molecule has 1 aliphatic heterocycles. The number of likely N-dealkylation sites (tertiary alicyclic amines) is 1. The molecule has 0 spiro atoms. The van der Waals surface area contributed by atoms with E-state index in [0.717, 1.165) is 37.3 Å². The van der Waals surface area contributed by atoms with E-state index in [1.165, 1.54) is 42.5 Å². The lowest BCUT2D eigenvalue weighted by Gasteiger charge is -2.33. The number of rotatable bonds is 7. The van der Waals surface area contributed by atoms with Crippen LogP contribution >= 0.6 is 0 Å². The molecular formula is C26H31N3O. The van der Waals surface area contributed by atoms with Crippen molar-refractivity contribution in [3.63, 3.8) is 0 Å². The van der Waals surface area contributed by atoms with E-state index in [0.29, 0.717) is 11.8 Å². The van der Waals surface area contributed by atoms with Gasteiger partial charge in [0.05, 0.1) is 5.69 Å². The molecule has 0 unspecified atom stereocenters. The van der Waals surface area contributed by atoms with Crippen LogP contribution in [-0.2, 0) is 19.4 Å². The number of piperidine rings is 1. The van der Waals surface area contributed by atoms with Gasteiger partial charge < -0.3 is 5.11 Å². The molecule has 1 N–H and O–H groups in total. The van der Waals surface area contributed by atoms with Crippen molar-refractivity contribution in [2.24, 2.45) is 0 Å². The van der Waals surface area contributed by atoms with Gasteiger partial charge in [0.15, 0.2) is 0 Å². The van der Waals surface area contributed by atoms with Crippen LogP contribution in [-0.4, -0.2) is 32.6 Å². The summed E-state index contributed by atoms with van der Waals surface area (Å²) in [7, 11) is 0. The maximum Gasteiger partial charge on any atom is 0.128 e. The van der Waals surface area contributed by atoms with Gasteiger partial charge in [-0.05, 0) is 74.5 Å². The molecule has 2 aromatic carbocycles. The van der Waals surface area contributed by atoms with Crippen molar-refractivity contribution in [1.29, 1.82) is 0 Å². The van der Waals surface area contributed by atoms with E-state index in [4.69, 9.17) is 4.98 Å². The molecular weight excluding hydrogens is 370 g/mol. The third kappa shape index (κ3) is 5.45. The minimum Gasteiger partial charge on any atom is -0.508 e. The zero-order chi connectivity index (χ0) is 20.8. The Morgan fingerprint density at radius 2 is 1.87 bits per heavy atom. The van der Waals surface area contributed by atoms with E-state index in [-0.39, 0.29) is 0 Å². The lowest BCUT2D eigenvalue weighted by atomic mass is 10.0. The van der Waals surface area contributed by atoms with Crippen LogP contribution in [0.25, 0.3) is 11.3 Å². The molecule has 156 valence electrons. The number of nitrogens with zero attached hydrogens (tertiary/aromatic N) is 3. The highest BCUT2D eigenvalue weighted by Crippen LogP contribution is 2.23. The van der Waals surface area contributed by atoms with Gasteiger partial charge >= 0.3 is 0 Å². The minimum absolute atomic E-state index is 0.312. The van der Waals surface area contributed by atoms with E-state index < -0.39 is 0 Å². The summed E-state index contributed by atoms with van der Waals surface area (Å²) in [5, 5.41) is 9.40. The van der Waals surface area contributed by atoms with Crippen LogP contribution < -0.4 is 0 Å². The van der Waals surface area contributed by atoms with E-state index >= 15 is 0 Å². The summed E-state index contributed by atoms with van der Waals surface area (Å²) in [5.41, 5.74) is 4.75. The zero-order valence-electron chi connectivity index (χ0n) is 17.8. The highest BCUT2D eigenvalue weighted by Gasteiger charge is 2.18. The molecule has 1 aromatic heterocycles. The minimum atomic E-state index is 0.312. The predicted molar refractivity (Wildman–Crippen MR) is 121 cm³/mol. The van der Waals surface area contributed by atoms with Gasteiger partial charge in [0.2, 0.25) is 0 Å². The number of hydrogen-bond donors (Lipinski definition) is 1. The van der Waals surface area contributed by atoms with Crippen molar-refractivity contribution in [2.45, 2.75) is 58.0 Å². The van der Waals surface area contributed by atoms with Gasteiger partial charge in [-0.15, -0.1) is 0 Å². The summed E-state index contributed by atoms with van der Waals surface area (Å²) in [5.74, 6) is 1.20. The number of hydrogen-bond acceptors (Lipinski definition) is 4. The van der Waals surface area contributed by atoms with Crippen LogP contribution in [0.3, 0.4) is 0 Å². The summed E-state index contributed by atoms with van der Waals surface area (Å²) < 4.78 is 0. The summed E-state index contributed by atoms with van der Waals surface area (Å²) in [4.78, 5) is 11.9. The molecule has 1 atom stereocenters. The maximum absolute atomic E-state index is 9.40. The quantitative estimate of drug-likeness (QED) is 0.576. The zero-order valence-corrected chi connectivity index (χ0v) is 17.8. The molecule has 1 aliphatic rings. The Hall–Kier alpha value is -2.72. The summed E-state index contributed by atoms with van der Waals surface area (Å²) in [6.07, 6.45) is 8.63. The van der Waals surface area contributed by atoms with Gasteiger partial charge in [-0.25, -0.2) is 9.97 Å². The number of benzene rings is 2. The monoisotopic (exact) mass is 401 g/mol. The topological polar surface area (TPSA) is 49.2 Å². The first-order chi connectivity index (χ1) is 14.7. The van der Waals surface area contributed by atoms with Gasteiger partial charge in [0, 0.05) is 30.8 Å². The first-order valence-electron chi connectivity index (χ1n) is 11.1. The van der Waals surface area contributed by atoms with Gasteiger partial charge in [-0.3, -0.25) is 4.90 Å².